The van der Waals surface area contributed by atoms with Gasteiger partial charge in [0.25, 0.3) is 11.5 Å². The highest BCUT2D eigenvalue weighted by Crippen LogP contribution is 2.34. The molecule has 3 aromatic rings. The molecule has 1 aromatic carbocycles. The van der Waals surface area contributed by atoms with Gasteiger partial charge in [0.15, 0.2) is 0 Å². The van der Waals surface area contributed by atoms with Gasteiger partial charge in [0, 0.05) is 55.4 Å². The van der Waals surface area contributed by atoms with Crippen LogP contribution in [0.2, 0.25) is 0 Å². The minimum Gasteiger partial charge on any atom is -0.474 e. The second-order valence-electron chi connectivity index (χ2n) is 9.25. The van der Waals surface area contributed by atoms with Crippen LogP contribution in [0.4, 0.5) is 28.4 Å². The summed E-state index contributed by atoms with van der Waals surface area (Å²) in [5.41, 5.74) is 4.01. The number of nitrogens with one attached hydrogen (secondary N) is 4. The van der Waals surface area contributed by atoms with Crippen LogP contribution in [0.5, 0.6) is 5.88 Å². The van der Waals surface area contributed by atoms with Crippen LogP contribution >= 0.6 is 0 Å². The number of likely N-dealkylation sites (N-methyl/N-ethyl adjacent to an activating group) is 1. The Morgan fingerprint density at radius 1 is 1.17 bits per heavy atom. The number of hydrogen-bond donors (Lipinski definition) is 4. The topological polar surface area (TPSA) is 115 Å². The van der Waals surface area contributed by atoms with Gasteiger partial charge in [0.1, 0.15) is 17.9 Å². The van der Waals surface area contributed by atoms with Crippen molar-refractivity contribution in [2.75, 3.05) is 60.7 Å². The molecule has 5 rings (SSSR count). The highest BCUT2D eigenvalue weighted by molar-refractivity contribution is 6.08. The van der Waals surface area contributed by atoms with Gasteiger partial charge in [-0.1, -0.05) is 0 Å². The van der Waals surface area contributed by atoms with Gasteiger partial charge < -0.3 is 35.5 Å². The Kier molecular flexibility index (Phi) is 6.51. The molecule has 2 aromatic heterocycles. The molecule has 4 N–H and O–H groups in total. The Morgan fingerprint density at radius 3 is 2.75 bits per heavy atom. The highest BCUT2D eigenvalue weighted by Gasteiger charge is 2.22. The molecule has 1 atom stereocenters. The van der Waals surface area contributed by atoms with Crippen molar-refractivity contribution in [2.45, 2.75) is 19.9 Å². The second-order valence-corrected chi connectivity index (χ2v) is 9.25. The second kappa shape index (κ2) is 9.90. The molecule has 36 heavy (non-hydrogen) atoms. The number of H-pyrrole nitrogens is 1. The number of anilines is 5. The number of fused-ring (bicyclic) bond motifs is 1. The van der Waals surface area contributed by atoms with Gasteiger partial charge in [-0.15, -0.1) is 0 Å². The van der Waals surface area contributed by atoms with Crippen LogP contribution in [-0.2, 0) is 0 Å². The molecule has 10 heteroatoms. The molecule has 0 aliphatic carbocycles. The number of carbonyl (C=O) groups excluding carboxylic acids is 1. The van der Waals surface area contributed by atoms with Crippen LogP contribution < -0.4 is 31.1 Å². The maximum Gasteiger partial charge on any atom is 0.263 e. The maximum atomic E-state index is 13.2. The maximum absolute atomic E-state index is 13.2. The minimum absolute atomic E-state index is 0.00389. The lowest BCUT2D eigenvalue weighted by Crippen LogP contribution is -2.50. The number of aromatic amines is 1. The zero-order chi connectivity index (χ0) is 25.2. The summed E-state index contributed by atoms with van der Waals surface area (Å²) >= 11 is 0. The first-order chi connectivity index (χ1) is 17.4. The number of benzene rings is 1. The third kappa shape index (κ3) is 4.72. The zero-order valence-corrected chi connectivity index (χ0v) is 20.7. The Labute approximate surface area is 209 Å². The largest absolute Gasteiger partial charge is 0.474 e. The van der Waals surface area contributed by atoms with Crippen molar-refractivity contribution in [2.24, 2.45) is 0 Å². The lowest BCUT2D eigenvalue weighted by Gasteiger charge is -2.39. The SMILES string of the molecule is Cc1c(Nc2cc[nH]c(=O)c2C(=O)Nc2ccc(N3CCN(C)[C@H](C)C3)cc2)cnc2c1NCCO2. The molecule has 1 amide bonds. The average Bonchev–Trinajstić information content (AvgIpc) is 2.88. The van der Waals surface area contributed by atoms with Gasteiger partial charge in [-0.2, -0.15) is 0 Å². The van der Waals surface area contributed by atoms with Crippen molar-refractivity contribution in [3.05, 3.63) is 64.2 Å². The fraction of sp³-hybridized carbons (Fsp3) is 0.346. The van der Waals surface area contributed by atoms with Crippen molar-refractivity contribution in [3.63, 3.8) is 0 Å². The van der Waals surface area contributed by atoms with Gasteiger partial charge >= 0.3 is 0 Å². The molecule has 10 nitrogen and oxygen atoms in total. The predicted octanol–water partition coefficient (Wildman–Crippen LogP) is 3.02. The molecule has 188 valence electrons. The molecule has 0 unspecified atom stereocenters. The lowest BCUT2D eigenvalue weighted by molar-refractivity contribution is 0.102. The van der Waals surface area contributed by atoms with E-state index in [1.165, 1.54) is 6.20 Å². The van der Waals surface area contributed by atoms with Gasteiger partial charge in [-0.3, -0.25) is 9.59 Å². The molecule has 1 fully saturated rings. The summed E-state index contributed by atoms with van der Waals surface area (Å²) in [6, 6.07) is 9.87. The Balaban J connectivity index is 1.34. The van der Waals surface area contributed by atoms with Crippen molar-refractivity contribution >= 4 is 34.3 Å². The number of pyridine rings is 2. The van der Waals surface area contributed by atoms with Crippen molar-refractivity contribution in [1.29, 1.82) is 0 Å². The van der Waals surface area contributed by atoms with E-state index < -0.39 is 11.5 Å². The smallest absolute Gasteiger partial charge is 0.263 e. The summed E-state index contributed by atoms with van der Waals surface area (Å²) in [4.78, 5) is 37.5. The summed E-state index contributed by atoms with van der Waals surface area (Å²) < 4.78 is 5.59. The minimum atomic E-state index is -0.495. The van der Waals surface area contributed by atoms with Gasteiger partial charge in [-0.25, -0.2) is 4.98 Å². The van der Waals surface area contributed by atoms with Crippen LogP contribution in [-0.4, -0.2) is 66.7 Å². The Hall–Kier alpha value is -4.05. The van der Waals surface area contributed by atoms with E-state index in [0.717, 1.165) is 36.6 Å². The molecular formula is C26H31N7O3. The van der Waals surface area contributed by atoms with E-state index in [4.69, 9.17) is 4.74 Å². The fourth-order valence-electron chi connectivity index (χ4n) is 4.53. The summed E-state index contributed by atoms with van der Waals surface area (Å²) in [7, 11) is 2.14. The van der Waals surface area contributed by atoms with E-state index in [1.54, 1.807) is 12.3 Å². The monoisotopic (exact) mass is 489 g/mol. The van der Waals surface area contributed by atoms with Crippen molar-refractivity contribution < 1.29 is 9.53 Å². The van der Waals surface area contributed by atoms with Gasteiger partial charge in [-0.05, 0) is 51.2 Å². The van der Waals surface area contributed by atoms with Crippen LogP contribution in [0, 0.1) is 6.92 Å². The molecule has 4 heterocycles. The molecule has 2 aliphatic heterocycles. The first-order valence-electron chi connectivity index (χ1n) is 12.1. The molecule has 0 spiro atoms. The number of aromatic nitrogens is 2. The third-order valence-electron chi connectivity index (χ3n) is 6.85. The normalized spacial score (nSPS) is 17.5. The Bertz CT molecular complexity index is 1320. The first kappa shape index (κ1) is 23.7. The van der Waals surface area contributed by atoms with Crippen LogP contribution in [0.15, 0.2) is 47.5 Å². The van der Waals surface area contributed by atoms with Crippen LogP contribution in [0.1, 0.15) is 22.8 Å². The number of carbonyl (C=O) groups is 1. The molecule has 1 saturated heterocycles. The molecule has 0 saturated carbocycles. The Morgan fingerprint density at radius 2 is 1.97 bits per heavy atom. The molecule has 0 radical (unpaired) electrons. The predicted molar refractivity (Wildman–Crippen MR) is 142 cm³/mol. The van der Waals surface area contributed by atoms with E-state index in [-0.39, 0.29) is 5.56 Å². The van der Waals surface area contributed by atoms with E-state index >= 15 is 0 Å². The number of nitrogens with zero attached hydrogens (tertiary/aromatic N) is 3. The van der Waals surface area contributed by atoms with Crippen LogP contribution in [0.25, 0.3) is 0 Å². The number of hydrogen-bond acceptors (Lipinski definition) is 8. The van der Waals surface area contributed by atoms with Gasteiger partial charge in [0.05, 0.1) is 17.6 Å². The van der Waals surface area contributed by atoms with Gasteiger partial charge in [0.2, 0.25) is 5.88 Å². The summed E-state index contributed by atoms with van der Waals surface area (Å²) in [5, 5.41) is 9.36. The number of rotatable bonds is 5. The number of piperazine rings is 1. The zero-order valence-electron chi connectivity index (χ0n) is 20.7. The first-order valence-corrected chi connectivity index (χ1v) is 12.1. The van der Waals surface area contributed by atoms with E-state index in [2.05, 4.69) is 49.7 Å². The third-order valence-corrected chi connectivity index (χ3v) is 6.85. The highest BCUT2D eigenvalue weighted by atomic mass is 16.5. The average molecular weight is 490 g/mol. The number of amides is 1. The summed E-state index contributed by atoms with van der Waals surface area (Å²) in [6.45, 7) is 8.31. The summed E-state index contributed by atoms with van der Waals surface area (Å²) in [6.07, 6.45) is 3.15. The fourth-order valence-corrected chi connectivity index (χ4v) is 4.53. The molecule has 0 bridgehead atoms. The molecule has 2 aliphatic rings. The van der Waals surface area contributed by atoms with E-state index in [0.29, 0.717) is 42.1 Å². The molecular weight excluding hydrogens is 458 g/mol. The lowest BCUT2D eigenvalue weighted by atomic mass is 10.1. The van der Waals surface area contributed by atoms with Crippen molar-refractivity contribution in [1.82, 2.24) is 14.9 Å². The standard InChI is InChI=1S/C26H31N7O3/c1-16-15-33(12-11-32(16)3)19-6-4-18(5-7-19)30-25(35)22-20(8-9-28-24(22)34)31-21-14-29-26-23(17(21)2)27-10-13-36-26/h4-9,14,16,27H,10-13,15H2,1-3H3,(H,30,35)(H2,28,31,34)/t16-/m1/s1. The quantitative estimate of drug-likeness (QED) is 0.433. The van der Waals surface area contributed by atoms with Crippen molar-refractivity contribution in [3.8, 4) is 5.88 Å². The number of ether oxygens (including phenoxy) is 1. The summed E-state index contributed by atoms with van der Waals surface area (Å²) in [5.74, 6) is 0.0491. The van der Waals surface area contributed by atoms with Crippen LogP contribution in [0.3, 0.4) is 0 Å². The van der Waals surface area contributed by atoms with E-state index in [1.807, 2.05) is 31.2 Å². The van der Waals surface area contributed by atoms with E-state index in [9.17, 15) is 9.59 Å².